The molecule has 0 aromatic heterocycles. The molecule has 1 aromatic rings. The molecule has 4 aliphatic heterocycles. The Morgan fingerprint density at radius 1 is 0.945 bits per heavy atom. The van der Waals surface area contributed by atoms with Gasteiger partial charge in [-0.25, -0.2) is 0 Å². The summed E-state index contributed by atoms with van der Waals surface area (Å²) in [7, 11) is -0.0894. The number of hydrogen-bond acceptors (Lipinski definition) is 11. The predicted octanol–water partition coefficient (Wildman–Crippen LogP) is 7.76. The third kappa shape index (κ3) is 9.85. The van der Waals surface area contributed by atoms with Gasteiger partial charge in [0, 0.05) is 23.5 Å². The van der Waals surface area contributed by atoms with Crippen molar-refractivity contribution in [1.29, 1.82) is 0 Å². The standard InChI is InChI=1S/C42H70N2O9Si2/c1-16-34-40(6)24-32(26-46-43-25-31-20-18-17-19-21-31)42(52-40)27(2)23-41(7,53-42)37(29(4)35(50-54(10,11)12)30(5)38(45)48-34)49-39-36(51-55(13,14)15)33(44(8)9)22-28(3)47-39/h17-21,24-25,27-30,33-37,39H,16,22-23,26H2,1-15H3/b43-25-/t27-,28-,29+,30-,33+,34-,35+,36-,37-,39?,40?,41-,42?/m1/s1. The van der Waals surface area contributed by atoms with E-state index in [0.717, 1.165) is 17.6 Å². The second kappa shape index (κ2) is 16.7. The maximum absolute atomic E-state index is 14.3. The first kappa shape index (κ1) is 44.2. The second-order valence-corrected chi connectivity index (χ2v) is 28.0. The lowest BCUT2D eigenvalue weighted by Crippen LogP contribution is -2.62. The summed E-state index contributed by atoms with van der Waals surface area (Å²) in [4.78, 5) is 22.6. The molecule has 0 aliphatic carbocycles. The Balaban J connectivity index is 1.62. The largest absolute Gasteiger partial charge is 0.459 e. The van der Waals surface area contributed by atoms with Crippen LogP contribution < -0.4 is 0 Å². The van der Waals surface area contributed by atoms with Gasteiger partial charge in [-0.15, -0.1) is 0 Å². The Labute approximate surface area is 333 Å². The highest BCUT2D eigenvalue weighted by atomic mass is 28.4. The lowest BCUT2D eigenvalue weighted by atomic mass is 9.78. The first-order chi connectivity index (χ1) is 25.5. The molecular formula is C42H70N2O9Si2. The topological polar surface area (TPSA) is 107 Å². The van der Waals surface area contributed by atoms with Gasteiger partial charge in [0.2, 0.25) is 0 Å². The van der Waals surface area contributed by atoms with Gasteiger partial charge in [-0.2, -0.15) is 0 Å². The number of likely N-dealkylation sites (N-methyl/N-ethyl adjacent to an activating group) is 1. The zero-order chi connectivity index (χ0) is 40.7. The van der Waals surface area contributed by atoms with Crippen LogP contribution in [0.25, 0.3) is 0 Å². The van der Waals surface area contributed by atoms with Gasteiger partial charge in [-0.05, 0) is 112 Å². The number of hydrogen-bond donors (Lipinski definition) is 0. The molecule has 1 aromatic carbocycles. The number of ether oxygens (including phenoxy) is 5. The average molecular weight is 803 g/mol. The lowest BCUT2D eigenvalue weighted by Gasteiger charge is -2.50. The number of fused-ring (bicyclic) bond motifs is 2. The summed E-state index contributed by atoms with van der Waals surface area (Å²) in [5, 5.41) is 4.32. The molecule has 11 nitrogen and oxygen atoms in total. The Kier molecular flexibility index (Phi) is 13.4. The molecule has 3 saturated heterocycles. The van der Waals surface area contributed by atoms with Crippen molar-refractivity contribution in [2.75, 3.05) is 20.7 Å². The summed E-state index contributed by atoms with van der Waals surface area (Å²) in [6.07, 6.45) is 2.86. The van der Waals surface area contributed by atoms with Crippen LogP contribution in [-0.4, -0.2) is 114 Å². The third-order valence-electron chi connectivity index (χ3n) is 11.6. The lowest BCUT2D eigenvalue weighted by molar-refractivity contribution is -0.326. The molecule has 3 unspecified atom stereocenters. The molecule has 0 saturated carbocycles. The number of carbonyl (C=O) groups is 1. The highest BCUT2D eigenvalue weighted by molar-refractivity contribution is 6.70. The monoisotopic (exact) mass is 802 g/mol. The number of benzene rings is 1. The molecule has 0 amide bonds. The van der Waals surface area contributed by atoms with E-state index in [0.29, 0.717) is 12.8 Å². The Hall–Kier alpha value is -1.95. The van der Waals surface area contributed by atoms with Gasteiger partial charge >= 0.3 is 5.97 Å². The molecule has 3 fully saturated rings. The van der Waals surface area contributed by atoms with Gasteiger partial charge in [0.15, 0.2) is 28.7 Å². The van der Waals surface area contributed by atoms with E-state index in [-0.39, 0.29) is 42.7 Å². The molecule has 4 heterocycles. The maximum Gasteiger partial charge on any atom is 0.311 e. The van der Waals surface area contributed by atoms with Crippen LogP contribution in [0, 0.1) is 17.8 Å². The van der Waals surface area contributed by atoms with Crippen molar-refractivity contribution in [3.05, 3.63) is 47.5 Å². The fourth-order valence-electron chi connectivity index (χ4n) is 9.20. The van der Waals surface area contributed by atoms with Crippen LogP contribution in [0.2, 0.25) is 39.3 Å². The first-order valence-corrected chi connectivity index (χ1v) is 27.2. The first-order valence-electron chi connectivity index (χ1n) is 20.4. The molecule has 310 valence electrons. The number of cyclic esters (lactones) is 1. The molecule has 3 bridgehead atoms. The smallest absolute Gasteiger partial charge is 0.311 e. The van der Waals surface area contributed by atoms with Crippen molar-refractivity contribution < 1.29 is 42.2 Å². The number of carbonyl (C=O) groups excluding carboxylic acids is 1. The van der Waals surface area contributed by atoms with E-state index < -0.39 is 64.1 Å². The van der Waals surface area contributed by atoms with Gasteiger partial charge in [0.05, 0.1) is 36.0 Å². The van der Waals surface area contributed by atoms with E-state index >= 15 is 0 Å². The highest BCUT2D eigenvalue weighted by Gasteiger charge is 2.66. The summed E-state index contributed by atoms with van der Waals surface area (Å²) in [5.74, 6) is -2.60. The van der Waals surface area contributed by atoms with Crippen LogP contribution >= 0.6 is 0 Å². The van der Waals surface area contributed by atoms with Gasteiger partial charge in [-0.1, -0.05) is 56.3 Å². The van der Waals surface area contributed by atoms with Gasteiger partial charge < -0.3 is 42.3 Å². The molecule has 13 heteroatoms. The molecule has 13 atom stereocenters. The molecule has 4 aliphatic rings. The fraction of sp³-hybridized carbons (Fsp3) is 0.762. The fourth-order valence-corrected chi connectivity index (χ4v) is 11.5. The van der Waals surface area contributed by atoms with Crippen LogP contribution in [-0.2, 0) is 42.2 Å². The quantitative estimate of drug-likeness (QED) is 0.0685. The van der Waals surface area contributed by atoms with Crippen LogP contribution in [0.15, 0.2) is 47.1 Å². The van der Waals surface area contributed by atoms with Gasteiger partial charge in [0.25, 0.3) is 0 Å². The van der Waals surface area contributed by atoms with E-state index in [4.69, 9.17) is 37.4 Å². The van der Waals surface area contributed by atoms with E-state index in [1.807, 2.05) is 57.2 Å². The van der Waals surface area contributed by atoms with Crippen LogP contribution in [0.4, 0.5) is 0 Å². The minimum absolute atomic E-state index is 0.0699. The molecule has 1 spiro atoms. The Bertz CT molecular complexity index is 1530. The molecular weight excluding hydrogens is 733 g/mol. The van der Waals surface area contributed by atoms with Crippen molar-refractivity contribution in [2.45, 2.75) is 167 Å². The summed E-state index contributed by atoms with van der Waals surface area (Å²) in [6.45, 7) is 27.6. The van der Waals surface area contributed by atoms with E-state index in [2.05, 4.69) is 91.1 Å². The summed E-state index contributed by atoms with van der Waals surface area (Å²) < 4.78 is 49.1. The maximum atomic E-state index is 14.3. The van der Waals surface area contributed by atoms with Gasteiger partial charge in [0.1, 0.15) is 24.4 Å². The predicted molar refractivity (Wildman–Crippen MR) is 220 cm³/mol. The van der Waals surface area contributed by atoms with Crippen molar-refractivity contribution in [3.8, 4) is 0 Å². The van der Waals surface area contributed by atoms with Crippen LogP contribution in [0.5, 0.6) is 0 Å². The molecule has 0 radical (unpaired) electrons. The SMILES string of the molecule is CC[C@H]1OC(=O)[C@H](C)[C@@H](O[Si](C)(C)C)[C@H](C)[C@@H](OC2O[C@H](C)C[C@H](N(C)C)[C@H]2O[Si](C)(C)C)[C@@]2(C)C[C@@H](C)C3(OC1(C)C=C3CO/N=C\c1ccccc1)O2. The summed E-state index contributed by atoms with van der Waals surface area (Å²) >= 11 is 0. The third-order valence-corrected chi connectivity index (χ3v) is 13.5. The zero-order valence-corrected chi connectivity index (χ0v) is 38.2. The normalized spacial score (nSPS) is 40.1. The van der Waals surface area contributed by atoms with Crippen LogP contribution in [0.3, 0.4) is 0 Å². The van der Waals surface area contributed by atoms with E-state index in [1.165, 1.54) is 0 Å². The minimum atomic E-state index is -2.21. The zero-order valence-electron chi connectivity index (χ0n) is 36.2. The second-order valence-electron chi connectivity index (χ2n) is 19.1. The van der Waals surface area contributed by atoms with Gasteiger partial charge in [-0.3, -0.25) is 4.79 Å². The van der Waals surface area contributed by atoms with E-state index in [9.17, 15) is 4.79 Å². The molecule has 0 N–H and O–H groups in total. The van der Waals surface area contributed by atoms with Crippen LogP contribution in [0.1, 0.15) is 73.3 Å². The number of esters is 1. The Morgan fingerprint density at radius 2 is 1.58 bits per heavy atom. The molecule has 55 heavy (non-hydrogen) atoms. The number of nitrogens with zero attached hydrogens (tertiary/aromatic N) is 2. The highest BCUT2D eigenvalue weighted by Crippen LogP contribution is 2.57. The Morgan fingerprint density at radius 3 is 2.18 bits per heavy atom. The average Bonchev–Trinajstić information content (AvgIpc) is 3.52. The summed E-state index contributed by atoms with van der Waals surface area (Å²) in [6, 6.07) is 9.89. The van der Waals surface area contributed by atoms with Crippen molar-refractivity contribution in [3.63, 3.8) is 0 Å². The number of oxime groups is 1. The van der Waals surface area contributed by atoms with E-state index in [1.54, 1.807) is 6.21 Å². The number of rotatable bonds is 12. The van der Waals surface area contributed by atoms with Crippen molar-refractivity contribution in [2.24, 2.45) is 22.9 Å². The summed E-state index contributed by atoms with van der Waals surface area (Å²) in [5.41, 5.74) is -0.185. The molecule has 5 rings (SSSR count). The van der Waals surface area contributed by atoms with Crippen molar-refractivity contribution in [1.82, 2.24) is 4.90 Å². The van der Waals surface area contributed by atoms with Crippen molar-refractivity contribution >= 4 is 28.8 Å². The minimum Gasteiger partial charge on any atom is -0.459 e.